The standard InChI is InChI=1S/C21H29N5O2/c1-4-26(5-2)21(28)24-13-9-15-17(25(3)11-13)8-12-10-23-16-7-6-14(20(22)27)19(15)18(12)16/h6-7,10,13,15,17,23H,4-5,8-9,11H2,1-3H3,(H2,22,27)(H,24,28)/t13-,15?,17+/m0/s1. The van der Waals surface area contributed by atoms with Crippen LogP contribution >= 0.6 is 0 Å². The van der Waals surface area contributed by atoms with Crippen molar-refractivity contribution in [3.63, 3.8) is 0 Å². The van der Waals surface area contributed by atoms with E-state index < -0.39 is 0 Å². The van der Waals surface area contributed by atoms with Crippen LogP contribution in [0, 0.1) is 0 Å². The van der Waals surface area contributed by atoms with Crippen molar-refractivity contribution in [2.45, 2.75) is 44.7 Å². The molecule has 2 aromatic rings. The zero-order valence-electron chi connectivity index (χ0n) is 16.8. The number of benzene rings is 1. The summed E-state index contributed by atoms with van der Waals surface area (Å²) < 4.78 is 0. The number of carbonyl (C=O) groups excluding carboxylic acids is 2. The lowest BCUT2D eigenvalue weighted by atomic mass is 9.72. The van der Waals surface area contributed by atoms with E-state index in [2.05, 4.69) is 28.4 Å². The highest BCUT2D eigenvalue weighted by Crippen LogP contribution is 2.44. The summed E-state index contributed by atoms with van der Waals surface area (Å²) in [6, 6.07) is 4.09. The van der Waals surface area contributed by atoms with Crippen LogP contribution in [0.4, 0.5) is 4.79 Å². The summed E-state index contributed by atoms with van der Waals surface area (Å²) in [7, 11) is 2.11. The van der Waals surface area contributed by atoms with E-state index in [4.69, 9.17) is 5.73 Å². The van der Waals surface area contributed by atoms with Gasteiger partial charge >= 0.3 is 6.03 Å². The third-order valence-corrected chi connectivity index (χ3v) is 6.49. The Balaban J connectivity index is 1.70. The summed E-state index contributed by atoms with van der Waals surface area (Å²) in [5, 5.41) is 4.34. The van der Waals surface area contributed by atoms with Gasteiger partial charge in [-0.3, -0.25) is 4.79 Å². The summed E-state index contributed by atoms with van der Waals surface area (Å²) in [5.74, 6) is -0.225. The molecule has 7 nitrogen and oxygen atoms in total. The SMILES string of the molecule is CCN(CC)C(=O)N[C@H]1CC2c3c(C(N)=O)ccc4[nH]cc(c34)C[C@H]2N(C)C1. The lowest BCUT2D eigenvalue weighted by Gasteiger charge is -2.46. The van der Waals surface area contributed by atoms with E-state index in [0.29, 0.717) is 24.7 Å². The number of urea groups is 1. The predicted molar refractivity (Wildman–Crippen MR) is 110 cm³/mol. The van der Waals surface area contributed by atoms with Crippen molar-refractivity contribution in [1.29, 1.82) is 0 Å². The molecular weight excluding hydrogens is 354 g/mol. The van der Waals surface area contributed by atoms with Gasteiger partial charge in [0.2, 0.25) is 5.91 Å². The van der Waals surface area contributed by atoms with E-state index in [0.717, 1.165) is 35.9 Å². The van der Waals surface area contributed by atoms with Crippen molar-refractivity contribution in [3.05, 3.63) is 35.0 Å². The van der Waals surface area contributed by atoms with Gasteiger partial charge in [0.1, 0.15) is 0 Å². The fraction of sp³-hybridized carbons (Fsp3) is 0.524. The number of hydrogen-bond donors (Lipinski definition) is 3. The fourth-order valence-corrected chi connectivity index (χ4v) is 5.13. The first-order valence-corrected chi connectivity index (χ1v) is 10.1. The number of carbonyl (C=O) groups is 2. The lowest BCUT2D eigenvalue weighted by Crippen LogP contribution is -2.56. The molecule has 7 heteroatoms. The van der Waals surface area contributed by atoms with Gasteiger partial charge in [0.15, 0.2) is 0 Å². The van der Waals surface area contributed by atoms with Crippen molar-refractivity contribution >= 4 is 22.8 Å². The highest BCUT2D eigenvalue weighted by molar-refractivity contribution is 6.02. The molecule has 1 unspecified atom stereocenters. The molecule has 1 aromatic carbocycles. The van der Waals surface area contributed by atoms with Gasteiger partial charge in [-0.2, -0.15) is 0 Å². The molecule has 0 radical (unpaired) electrons. The number of hydrogen-bond acceptors (Lipinski definition) is 3. The first-order chi connectivity index (χ1) is 13.4. The smallest absolute Gasteiger partial charge is 0.317 e. The molecule has 28 heavy (non-hydrogen) atoms. The quantitative estimate of drug-likeness (QED) is 0.754. The van der Waals surface area contributed by atoms with E-state index in [-0.39, 0.29) is 23.9 Å². The van der Waals surface area contributed by atoms with Gasteiger partial charge in [-0.15, -0.1) is 0 Å². The Hall–Kier alpha value is -2.54. The van der Waals surface area contributed by atoms with Gasteiger partial charge in [0, 0.05) is 60.3 Å². The van der Waals surface area contributed by atoms with E-state index in [9.17, 15) is 9.59 Å². The van der Waals surface area contributed by atoms with Gasteiger partial charge in [0.25, 0.3) is 0 Å². The van der Waals surface area contributed by atoms with Crippen LogP contribution in [0.5, 0.6) is 0 Å². The Morgan fingerprint density at radius 3 is 2.75 bits per heavy atom. The third kappa shape index (κ3) is 2.94. The molecule has 0 saturated carbocycles. The molecule has 150 valence electrons. The minimum Gasteiger partial charge on any atom is -0.366 e. The van der Waals surface area contributed by atoms with Crippen molar-refractivity contribution < 1.29 is 9.59 Å². The van der Waals surface area contributed by atoms with E-state index >= 15 is 0 Å². The second-order valence-corrected chi connectivity index (χ2v) is 8.00. The van der Waals surface area contributed by atoms with Crippen LogP contribution in [0.2, 0.25) is 0 Å². The van der Waals surface area contributed by atoms with Crippen LogP contribution in [-0.4, -0.2) is 65.5 Å². The molecule has 1 aromatic heterocycles. The number of primary amides is 1. The molecule has 1 fully saturated rings. The maximum Gasteiger partial charge on any atom is 0.317 e. The molecule has 0 bridgehead atoms. The number of amides is 3. The number of likely N-dealkylation sites (N-methyl/N-ethyl adjacent to an activating group) is 1. The van der Waals surface area contributed by atoms with Crippen LogP contribution in [0.25, 0.3) is 10.9 Å². The number of H-pyrrole nitrogens is 1. The molecule has 2 aliphatic rings. The number of aromatic nitrogens is 1. The van der Waals surface area contributed by atoms with Crippen LogP contribution in [-0.2, 0) is 6.42 Å². The second-order valence-electron chi connectivity index (χ2n) is 8.00. The van der Waals surface area contributed by atoms with E-state index in [1.807, 2.05) is 26.0 Å². The molecule has 3 atom stereocenters. The summed E-state index contributed by atoms with van der Waals surface area (Å²) in [6.07, 6.45) is 3.80. The molecule has 3 amide bonds. The zero-order chi connectivity index (χ0) is 20.0. The monoisotopic (exact) mass is 383 g/mol. The number of nitrogens with zero attached hydrogens (tertiary/aromatic N) is 2. The highest BCUT2D eigenvalue weighted by Gasteiger charge is 2.41. The summed E-state index contributed by atoms with van der Waals surface area (Å²) in [6.45, 7) is 6.15. The number of likely N-dealkylation sites (tertiary alicyclic amines) is 1. The van der Waals surface area contributed by atoms with Gasteiger partial charge in [-0.05, 0) is 57.0 Å². The van der Waals surface area contributed by atoms with Crippen molar-refractivity contribution in [3.8, 4) is 0 Å². The zero-order valence-corrected chi connectivity index (χ0v) is 16.8. The number of nitrogens with two attached hydrogens (primary N) is 1. The van der Waals surface area contributed by atoms with Gasteiger partial charge in [-0.1, -0.05) is 0 Å². The summed E-state index contributed by atoms with van der Waals surface area (Å²) in [4.78, 5) is 32.2. The van der Waals surface area contributed by atoms with Crippen LogP contribution in [0.1, 0.15) is 47.7 Å². The normalized spacial score (nSPS) is 24.0. The Morgan fingerprint density at radius 1 is 1.32 bits per heavy atom. The van der Waals surface area contributed by atoms with E-state index in [1.54, 1.807) is 4.90 Å². The Labute approximate surface area is 165 Å². The maximum atomic E-state index is 12.6. The number of rotatable bonds is 4. The van der Waals surface area contributed by atoms with Gasteiger partial charge < -0.3 is 25.8 Å². The van der Waals surface area contributed by atoms with Gasteiger partial charge in [0.05, 0.1) is 0 Å². The van der Waals surface area contributed by atoms with Crippen LogP contribution in [0.3, 0.4) is 0 Å². The Kier molecular flexibility index (Phi) is 4.79. The molecule has 1 saturated heterocycles. The first kappa shape index (κ1) is 18.8. The molecule has 0 spiro atoms. The Morgan fingerprint density at radius 2 is 2.07 bits per heavy atom. The average molecular weight is 383 g/mol. The first-order valence-electron chi connectivity index (χ1n) is 10.1. The molecule has 1 aliphatic carbocycles. The minimum atomic E-state index is -0.387. The summed E-state index contributed by atoms with van der Waals surface area (Å²) >= 11 is 0. The molecule has 2 heterocycles. The summed E-state index contributed by atoms with van der Waals surface area (Å²) in [5.41, 5.74) is 9.67. The topological polar surface area (TPSA) is 94.5 Å². The van der Waals surface area contributed by atoms with Crippen LogP contribution < -0.4 is 11.1 Å². The second kappa shape index (κ2) is 7.13. The van der Waals surface area contributed by atoms with Crippen molar-refractivity contribution in [2.75, 3.05) is 26.7 Å². The molecule has 4 rings (SSSR count). The highest BCUT2D eigenvalue weighted by atomic mass is 16.2. The van der Waals surface area contributed by atoms with Crippen molar-refractivity contribution in [2.24, 2.45) is 5.73 Å². The molecule has 4 N–H and O–H groups in total. The average Bonchev–Trinajstić information content (AvgIpc) is 3.07. The molecule has 1 aliphatic heterocycles. The van der Waals surface area contributed by atoms with Crippen LogP contribution in [0.15, 0.2) is 18.3 Å². The fourth-order valence-electron chi connectivity index (χ4n) is 5.13. The number of piperidine rings is 1. The number of nitrogens with one attached hydrogen (secondary N) is 2. The van der Waals surface area contributed by atoms with Crippen molar-refractivity contribution in [1.82, 2.24) is 20.1 Å². The largest absolute Gasteiger partial charge is 0.366 e. The maximum absolute atomic E-state index is 12.6. The van der Waals surface area contributed by atoms with E-state index in [1.165, 1.54) is 5.56 Å². The number of fused-ring (bicyclic) bond motifs is 2. The minimum absolute atomic E-state index is 0.0201. The van der Waals surface area contributed by atoms with Gasteiger partial charge in [-0.25, -0.2) is 4.79 Å². The third-order valence-electron chi connectivity index (χ3n) is 6.49. The lowest BCUT2D eigenvalue weighted by molar-refractivity contribution is 0.0990. The number of aromatic amines is 1. The predicted octanol–water partition coefficient (Wildman–Crippen LogP) is 2.03. The Bertz CT molecular complexity index is 917. The molecular formula is C21H29N5O2.